The number of aliphatic hydroxyl groups is 1. The Labute approximate surface area is 126 Å². The van der Waals surface area contributed by atoms with E-state index in [4.69, 9.17) is 0 Å². The number of hydrogen-bond donors (Lipinski definition) is 1. The molecule has 2 fully saturated rings. The second kappa shape index (κ2) is 6.56. The van der Waals surface area contributed by atoms with Crippen LogP contribution in [0.25, 0.3) is 0 Å². The zero-order valence-electron chi connectivity index (χ0n) is 12.4. The molecule has 0 radical (unpaired) electrons. The number of aromatic nitrogens is 1. The number of amides is 1. The Morgan fingerprint density at radius 2 is 1.95 bits per heavy atom. The highest BCUT2D eigenvalue weighted by atomic mass is 16.3. The van der Waals surface area contributed by atoms with Gasteiger partial charge in [0.2, 0.25) is 5.91 Å². The first-order valence-corrected chi connectivity index (χ1v) is 8.12. The third-order valence-corrected chi connectivity index (χ3v) is 5.00. The summed E-state index contributed by atoms with van der Waals surface area (Å²) in [7, 11) is 0. The number of aliphatic hydroxyl groups excluding tert-OH is 1. The minimum Gasteiger partial charge on any atom is -0.393 e. The quantitative estimate of drug-likeness (QED) is 0.927. The van der Waals surface area contributed by atoms with Crippen molar-refractivity contribution in [3.05, 3.63) is 30.1 Å². The van der Waals surface area contributed by atoms with Crippen LogP contribution in [-0.4, -0.2) is 39.6 Å². The van der Waals surface area contributed by atoms with E-state index in [0.717, 1.165) is 44.2 Å². The van der Waals surface area contributed by atoms with Gasteiger partial charge in [-0.25, -0.2) is 0 Å². The molecule has 2 heterocycles. The van der Waals surface area contributed by atoms with E-state index in [2.05, 4.69) is 4.98 Å². The van der Waals surface area contributed by atoms with Gasteiger partial charge in [-0.15, -0.1) is 0 Å². The van der Waals surface area contributed by atoms with Crippen molar-refractivity contribution in [3.63, 3.8) is 0 Å². The minimum atomic E-state index is -0.224. The van der Waals surface area contributed by atoms with Crippen molar-refractivity contribution in [2.75, 3.05) is 6.54 Å². The van der Waals surface area contributed by atoms with E-state index in [1.54, 1.807) is 12.4 Å². The fourth-order valence-corrected chi connectivity index (χ4v) is 3.91. The van der Waals surface area contributed by atoms with Gasteiger partial charge in [-0.05, 0) is 43.4 Å². The first kappa shape index (κ1) is 14.5. The molecule has 1 aromatic rings. The summed E-state index contributed by atoms with van der Waals surface area (Å²) in [6, 6.07) is 4.05. The molecular formula is C17H24N2O2. The Morgan fingerprint density at radius 1 is 1.19 bits per heavy atom. The van der Waals surface area contributed by atoms with Crippen LogP contribution in [0.15, 0.2) is 24.5 Å². The van der Waals surface area contributed by atoms with E-state index in [0.29, 0.717) is 6.42 Å². The van der Waals surface area contributed by atoms with Crippen molar-refractivity contribution in [2.24, 2.45) is 5.92 Å². The molecule has 21 heavy (non-hydrogen) atoms. The summed E-state index contributed by atoms with van der Waals surface area (Å²) in [6.45, 7) is 0.845. The van der Waals surface area contributed by atoms with Gasteiger partial charge in [0.05, 0.1) is 12.5 Å². The predicted octanol–water partition coefficient (Wildman–Crippen LogP) is 2.17. The van der Waals surface area contributed by atoms with Gasteiger partial charge in [0, 0.05) is 30.9 Å². The number of carbonyl (C=O) groups is 1. The lowest BCUT2D eigenvalue weighted by molar-refractivity contribution is -0.133. The second-order valence-electron chi connectivity index (χ2n) is 6.34. The largest absolute Gasteiger partial charge is 0.393 e. The van der Waals surface area contributed by atoms with E-state index in [-0.39, 0.29) is 24.0 Å². The molecule has 1 aliphatic heterocycles. The summed E-state index contributed by atoms with van der Waals surface area (Å²) in [4.78, 5) is 18.6. The molecule has 114 valence electrons. The summed E-state index contributed by atoms with van der Waals surface area (Å²) >= 11 is 0. The Kier molecular flexibility index (Phi) is 4.54. The average Bonchev–Trinajstić information content (AvgIpc) is 2.98. The number of likely N-dealkylation sites (tertiary alicyclic amines) is 1. The van der Waals surface area contributed by atoms with Crippen LogP contribution in [-0.2, 0) is 11.2 Å². The van der Waals surface area contributed by atoms with E-state index in [1.165, 1.54) is 6.42 Å². The van der Waals surface area contributed by atoms with Gasteiger partial charge in [0.25, 0.3) is 0 Å². The monoisotopic (exact) mass is 288 g/mol. The average molecular weight is 288 g/mol. The molecule has 3 rings (SSSR count). The van der Waals surface area contributed by atoms with Crippen molar-refractivity contribution in [2.45, 2.75) is 57.1 Å². The maximum atomic E-state index is 12.6. The highest BCUT2D eigenvalue weighted by Crippen LogP contribution is 2.34. The molecular weight excluding hydrogens is 264 g/mol. The SMILES string of the molecule is O=C(Cc1ccncc1)N1CCC[C@@H]1[C@H]1CCCC[C@@H]1O. The van der Waals surface area contributed by atoms with Crippen LogP contribution in [0.2, 0.25) is 0 Å². The molecule has 4 heteroatoms. The number of carbonyl (C=O) groups excluding carboxylic acids is 1. The van der Waals surface area contributed by atoms with Crippen molar-refractivity contribution < 1.29 is 9.90 Å². The Morgan fingerprint density at radius 3 is 2.71 bits per heavy atom. The maximum Gasteiger partial charge on any atom is 0.227 e. The second-order valence-corrected chi connectivity index (χ2v) is 6.34. The molecule has 2 aliphatic rings. The topological polar surface area (TPSA) is 53.4 Å². The predicted molar refractivity (Wildman–Crippen MR) is 80.6 cm³/mol. The van der Waals surface area contributed by atoms with Crippen molar-refractivity contribution >= 4 is 5.91 Å². The van der Waals surface area contributed by atoms with Crippen LogP contribution in [0, 0.1) is 5.92 Å². The minimum absolute atomic E-state index is 0.196. The summed E-state index contributed by atoms with van der Waals surface area (Å²) < 4.78 is 0. The van der Waals surface area contributed by atoms with Gasteiger partial charge in [-0.3, -0.25) is 9.78 Å². The summed E-state index contributed by atoms with van der Waals surface area (Å²) in [5.74, 6) is 0.476. The van der Waals surface area contributed by atoms with E-state index < -0.39 is 0 Å². The van der Waals surface area contributed by atoms with Crippen LogP contribution in [0.1, 0.15) is 44.1 Å². The lowest BCUT2D eigenvalue weighted by atomic mass is 9.80. The zero-order valence-corrected chi connectivity index (χ0v) is 12.4. The van der Waals surface area contributed by atoms with Gasteiger partial charge in [-0.2, -0.15) is 0 Å². The molecule has 1 saturated carbocycles. The van der Waals surface area contributed by atoms with E-state index in [1.807, 2.05) is 17.0 Å². The van der Waals surface area contributed by atoms with Crippen LogP contribution in [0.4, 0.5) is 0 Å². The number of nitrogens with zero attached hydrogens (tertiary/aromatic N) is 2. The highest BCUT2D eigenvalue weighted by Gasteiger charge is 2.38. The highest BCUT2D eigenvalue weighted by molar-refractivity contribution is 5.79. The normalized spacial score (nSPS) is 29.6. The number of pyridine rings is 1. The van der Waals surface area contributed by atoms with Crippen molar-refractivity contribution in [1.29, 1.82) is 0 Å². The first-order valence-electron chi connectivity index (χ1n) is 8.12. The molecule has 4 nitrogen and oxygen atoms in total. The third kappa shape index (κ3) is 3.26. The van der Waals surface area contributed by atoms with E-state index >= 15 is 0 Å². The Hall–Kier alpha value is -1.42. The lowest BCUT2D eigenvalue weighted by Crippen LogP contribution is -2.45. The van der Waals surface area contributed by atoms with Crippen molar-refractivity contribution in [3.8, 4) is 0 Å². The molecule has 3 atom stereocenters. The van der Waals surface area contributed by atoms with Gasteiger partial charge in [-0.1, -0.05) is 12.8 Å². The fraction of sp³-hybridized carbons (Fsp3) is 0.647. The van der Waals surface area contributed by atoms with Gasteiger partial charge < -0.3 is 10.0 Å². The molecule has 1 saturated heterocycles. The number of rotatable bonds is 3. The molecule has 1 amide bonds. The van der Waals surface area contributed by atoms with E-state index in [9.17, 15) is 9.90 Å². The molecule has 1 aromatic heterocycles. The first-order chi connectivity index (χ1) is 10.3. The van der Waals surface area contributed by atoms with Gasteiger partial charge in [0.15, 0.2) is 0 Å². The fourth-order valence-electron chi connectivity index (χ4n) is 3.91. The van der Waals surface area contributed by atoms with Crippen LogP contribution < -0.4 is 0 Å². The maximum absolute atomic E-state index is 12.6. The molecule has 0 aromatic carbocycles. The van der Waals surface area contributed by atoms with Gasteiger partial charge >= 0.3 is 0 Å². The smallest absolute Gasteiger partial charge is 0.227 e. The molecule has 1 aliphatic carbocycles. The Bertz CT molecular complexity index is 477. The number of hydrogen-bond acceptors (Lipinski definition) is 3. The summed E-state index contributed by atoms with van der Waals surface area (Å²) in [5.41, 5.74) is 1.02. The third-order valence-electron chi connectivity index (χ3n) is 5.00. The van der Waals surface area contributed by atoms with Crippen molar-refractivity contribution in [1.82, 2.24) is 9.88 Å². The summed E-state index contributed by atoms with van der Waals surface area (Å²) in [6.07, 6.45) is 10.1. The zero-order chi connectivity index (χ0) is 14.7. The van der Waals surface area contributed by atoms with Crippen LogP contribution >= 0.6 is 0 Å². The molecule has 0 spiro atoms. The summed E-state index contributed by atoms with van der Waals surface area (Å²) in [5, 5.41) is 10.3. The molecule has 0 unspecified atom stereocenters. The molecule has 0 bridgehead atoms. The standard InChI is InChI=1S/C17H24N2O2/c20-16-6-2-1-4-14(16)15-5-3-11-19(15)17(21)12-13-7-9-18-10-8-13/h7-10,14-16,20H,1-6,11-12H2/t14-,15-,16+/m1/s1. The lowest BCUT2D eigenvalue weighted by Gasteiger charge is -2.37. The van der Waals surface area contributed by atoms with Crippen LogP contribution in [0.3, 0.4) is 0 Å². The Balaban J connectivity index is 1.67. The van der Waals surface area contributed by atoms with Crippen LogP contribution in [0.5, 0.6) is 0 Å². The molecule has 1 N–H and O–H groups in total. The van der Waals surface area contributed by atoms with Gasteiger partial charge in [0.1, 0.15) is 0 Å².